The van der Waals surface area contributed by atoms with Crippen LogP contribution in [-0.4, -0.2) is 30.1 Å². The number of fused-ring (bicyclic) bond motifs is 1. The van der Waals surface area contributed by atoms with Crippen LogP contribution in [0, 0.1) is 16.7 Å². The zero-order valence-electron chi connectivity index (χ0n) is 18.5. The molecular formula is C23H32N4O2S. The number of carbonyl (C=O) groups excluding carboxylic acids is 2. The van der Waals surface area contributed by atoms with Gasteiger partial charge in [0.05, 0.1) is 12.5 Å². The van der Waals surface area contributed by atoms with Crippen molar-refractivity contribution in [2.45, 2.75) is 65.5 Å². The minimum absolute atomic E-state index is 0.0560. The van der Waals surface area contributed by atoms with Crippen molar-refractivity contribution in [1.82, 2.24) is 16.0 Å². The van der Waals surface area contributed by atoms with Crippen LogP contribution in [0.25, 0.3) is 10.1 Å². The lowest BCUT2D eigenvalue weighted by atomic mass is 9.82. The predicted molar refractivity (Wildman–Crippen MR) is 122 cm³/mol. The molecule has 0 saturated heterocycles. The molecule has 30 heavy (non-hydrogen) atoms. The van der Waals surface area contributed by atoms with Crippen LogP contribution in [0.5, 0.6) is 0 Å². The van der Waals surface area contributed by atoms with Crippen molar-refractivity contribution in [3.05, 3.63) is 35.2 Å². The molecule has 1 aromatic carbocycles. The number of nitrogens with zero attached hydrogens (tertiary/aromatic N) is 1. The number of carbonyl (C=O) groups is 2. The van der Waals surface area contributed by atoms with E-state index in [1.165, 1.54) is 0 Å². The average Bonchev–Trinajstić information content (AvgIpc) is 3.01. The Morgan fingerprint density at radius 3 is 2.53 bits per heavy atom. The van der Waals surface area contributed by atoms with Crippen molar-refractivity contribution in [2.24, 2.45) is 5.41 Å². The lowest BCUT2D eigenvalue weighted by molar-refractivity contribution is -0.122. The largest absolute Gasteiger partial charge is 0.353 e. The van der Waals surface area contributed by atoms with E-state index < -0.39 is 11.6 Å². The molecule has 1 atom stereocenters. The van der Waals surface area contributed by atoms with E-state index in [0.717, 1.165) is 22.1 Å². The predicted octanol–water partition coefficient (Wildman–Crippen LogP) is 4.36. The number of thiophene rings is 1. The number of hydrogen-bond donors (Lipinski definition) is 3. The number of nitrogens with one attached hydrogen (secondary N) is 3. The van der Waals surface area contributed by atoms with Gasteiger partial charge in [0, 0.05) is 23.2 Å². The maximum atomic E-state index is 12.8. The molecule has 6 nitrogen and oxygen atoms in total. The zero-order valence-corrected chi connectivity index (χ0v) is 19.3. The summed E-state index contributed by atoms with van der Waals surface area (Å²) in [5, 5.41) is 20.5. The van der Waals surface area contributed by atoms with Gasteiger partial charge in [-0.2, -0.15) is 5.26 Å². The molecule has 0 fully saturated rings. The number of benzene rings is 1. The van der Waals surface area contributed by atoms with Crippen LogP contribution < -0.4 is 16.0 Å². The van der Waals surface area contributed by atoms with E-state index in [0.29, 0.717) is 6.42 Å². The van der Waals surface area contributed by atoms with Crippen molar-refractivity contribution in [3.63, 3.8) is 0 Å². The molecule has 3 amide bonds. The van der Waals surface area contributed by atoms with Gasteiger partial charge in [0.15, 0.2) is 0 Å². The van der Waals surface area contributed by atoms with Crippen molar-refractivity contribution < 1.29 is 9.59 Å². The lowest BCUT2D eigenvalue weighted by Gasteiger charge is -2.33. The van der Waals surface area contributed by atoms with Crippen LogP contribution in [0.4, 0.5) is 4.79 Å². The molecule has 0 aliphatic heterocycles. The first kappa shape index (κ1) is 23.7. The van der Waals surface area contributed by atoms with Gasteiger partial charge < -0.3 is 16.0 Å². The van der Waals surface area contributed by atoms with Crippen molar-refractivity contribution in [2.75, 3.05) is 6.54 Å². The van der Waals surface area contributed by atoms with Gasteiger partial charge in [0.1, 0.15) is 6.04 Å². The number of nitriles is 1. The van der Waals surface area contributed by atoms with Gasteiger partial charge in [-0.05, 0) is 48.1 Å². The Labute approximate surface area is 183 Å². The monoisotopic (exact) mass is 428 g/mol. The highest BCUT2D eigenvalue weighted by Crippen LogP contribution is 2.28. The van der Waals surface area contributed by atoms with E-state index in [2.05, 4.69) is 36.7 Å². The molecule has 0 saturated carbocycles. The molecule has 2 aromatic rings. The molecule has 1 heterocycles. The second-order valence-corrected chi connectivity index (χ2v) is 10.3. The molecule has 1 aromatic heterocycles. The summed E-state index contributed by atoms with van der Waals surface area (Å²) in [7, 11) is 0. The number of amides is 3. The van der Waals surface area contributed by atoms with E-state index in [4.69, 9.17) is 5.26 Å². The van der Waals surface area contributed by atoms with Gasteiger partial charge in [0.25, 0.3) is 0 Å². The summed E-state index contributed by atoms with van der Waals surface area (Å²) in [4.78, 5) is 25.5. The summed E-state index contributed by atoms with van der Waals surface area (Å²) < 4.78 is 1.15. The summed E-state index contributed by atoms with van der Waals surface area (Å²) in [5.41, 5.74) is 0.657. The summed E-state index contributed by atoms with van der Waals surface area (Å²) in [6.07, 6.45) is 1.40. The third-order valence-corrected chi connectivity index (χ3v) is 5.58. The van der Waals surface area contributed by atoms with Crippen LogP contribution in [0.1, 0.15) is 53.0 Å². The van der Waals surface area contributed by atoms with E-state index in [1.54, 1.807) is 11.3 Å². The highest BCUT2D eigenvalue weighted by Gasteiger charge is 2.29. The molecule has 0 aliphatic rings. The highest BCUT2D eigenvalue weighted by molar-refractivity contribution is 7.17. The Morgan fingerprint density at radius 2 is 1.87 bits per heavy atom. The fourth-order valence-electron chi connectivity index (χ4n) is 3.86. The maximum Gasteiger partial charge on any atom is 0.315 e. The second-order valence-electron chi connectivity index (χ2n) is 9.43. The molecule has 7 heteroatoms. The Morgan fingerprint density at radius 1 is 1.17 bits per heavy atom. The van der Waals surface area contributed by atoms with Gasteiger partial charge in [-0.1, -0.05) is 39.0 Å². The zero-order chi connectivity index (χ0) is 22.4. The molecule has 0 spiro atoms. The molecule has 162 valence electrons. The van der Waals surface area contributed by atoms with E-state index in [1.807, 2.05) is 49.6 Å². The van der Waals surface area contributed by atoms with Gasteiger partial charge in [0.2, 0.25) is 5.91 Å². The molecule has 2 rings (SSSR count). The third-order valence-electron chi connectivity index (χ3n) is 4.57. The van der Waals surface area contributed by atoms with Crippen molar-refractivity contribution in [1.29, 1.82) is 5.26 Å². The average molecular weight is 429 g/mol. The van der Waals surface area contributed by atoms with E-state index >= 15 is 0 Å². The van der Waals surface area contributed by atoms with Gasteiger partial charge in [-0.3, -0.25) is 4.79 Å². The summed E-state index contributed by atoms with van der Waals surface area (Å²) in [6, 6.07) is 8.93. The van der Waals surface area contributed by atoms with Gasteiger partial charge in [-0.15, -0.1) is 11.3 Å². The Kier molecular flexibility index (Phi) is 7.85. The SMILES string of the molecule is CC(C)(C)CC(C)(C)NC(=O)NC(Cc1csc2ccccc12)C(=O)NCCC#N. The van der Waals surface area contributed by atoms with E-state index in [-0.39, 0.29) is 30.3 Å². The normalized spacial score (nSPS) is 12.8. The summed E-state index contributed by atoms with van der Waals surface area (Å²) in [5.74, 6) is -0.288. The van der Waals surface area contributed by atoms with Crippen LogP contribution in [-0.2, 0) is 11.2 Å². The molecular weight excluding hydrogens is 396 g/mol. The molecule has 3 N–H and O–H groups in total. The second kappa shape index (κ2) is 9.94. The Bertz CT molecular complexity index is 921. The van der Waals surface area contributed by atoms with Gasteiger partial charge in [-0.25, -0.2) is 4.79 Å². The summed E-state index contributed by atoms with van der Waals surface area (Å²) >= 11 is 1.62. The fraction of sp³-hybridized carbons (Fsp3) is 0.522. The molecule has 0 bridgehead atoms. The topological polar surface area (TPSA) is 94.0 Å². The Hall–Kier alpha value is -2.59. The maximum absolute atomic E-state index is 12.8. The third kappa shape index (κ3) is 7.34. The minimum Gasteiger partial charge on any atom is -0.353 e. The van der Waals surface area contributed by atoms with Crippen LogP contribution >= 0.6 is 11.3 Å². The van der Waals surface area contributed by atoms with Crippen LogP contribution in [0.15, 0.2) is 29.6 Å². The highest BCUT2D eigenvalue weighted by atomic mass is 32.1. The smallest absolute Gasteiger partial charge is 0.315 e. The minimum atomic E-state index is -0.730. The standard InChI is InChI=1S/C23H32N4O2S/c1-22(2,3)15-23(4,5)27-21(29)26-18(20(28)25-12-8-11-24)13-16-14-30-19-10-7-6-9-17(16)19/h6-7,9-10,14,18H,8,12-13,15H2,1-5H3,(H,25,28)(H2,26,27,29). The van der Waals surface area contributed by atoms with Crippen molar-refractivity contribution in [3.8, 4) is 6.07 Å². The fourth-order valence-corrected chi connectivity index (χ4v) is 4.83. The number of rotatable bonds is 8. The first-order valence-electron chi connectivity index (χ1n) is 10.2. The first-order chi connectivity index (χ1) is 14.0. The number of hydrogen-bond acceptors (Lipinski definition) is 4. The molecule has 0 radical (unpaired) electrons. The first-order valence-corrected chi connectivity index (χ1v) is 11.1. The quantitative estimate of drug-likeness (QED) is 0.545. The Balaban J connectivity index is 2.14. The van der Waals surface area contributed by atoms with Crippen LogP contribution in [0.3, 0.4) is 0 Å². The number of urea groups is 1. The van der Waals surface area contributed by atoms with Crippen molar-refractivity contribution >= 4 is 33.4 Å². The van der Waals surface area contributed by atoms with Gasteiger partial charge >= 0.3 is 6.03 Å². The van der Waals surface area contributed by atoms with Crippen LogP contribution in [0.2, 0.25) is 0 Å². The summed E-state index contributed by atoms with van der Waals surface area (Å²) in [6.45, 7) is 10.6. The lowest BCUT2D eigenvalue weighted by Crippen LogP contribution is -2.56. The van der Waals surface area contributed by atoms with E-state index in [9.17, 15) is 9.59 Å². The molecule has 0 aliphatic carbocycles. The molecule has 1 unspecified atom stereocenters.